The van der Waals surface area contributed by atoms with Crippen LogP contribution in [0.2, 0.25) is 0 Å². The molecule has 4 nitrogen and oxygen atoms in total. The number of hydrogen-bond donors (Lipinski definition) is 0. The van der Waals surface area contributed by atoms with Gasteiger partial charge in [0.1, 0.15) is 5.82 Å². The zero-order valence-electron chi connectivity index (χ0n) is 14.7. The summed E-state index contributed by atoms with van der Waals surface area (Å²) in [5.74, 6) is 0.329. The van der Waals surface area contributed by atoms with Crippen molar-refractivity contribution in [2.75, 3.05) is 19.6 Å². The zero-order valence-corrected chi connectivity index (χ0v) is 14.7. The van der Waals surface area contributed by atoms with Gasteiger partial charge in [-0.3, -0.25) is 9.59 Å². The molecule has 0 radical (unpaired) electrons. The van der Waals surface area contributed by atoms with Crippen molar-refractivity contribution in [2.24, 2.45) is 11.8 Å². The van der Waals surface area contributed by atoms with E-state index in [0.29, 0.717) is 19.0 Å². The van der Waals surface area contributed by atoms with Crippen LogP contribution in [0.4, 0.5) is 4.39 Å². The molecule has 2 aliphatic heterocycles. The number of amides is 2. The van der Waals surface area contributed by atoms with Crippen molar-refractivity contribution >= 4 is 11.8 Å². The summed E-state index contributed by atoms with van der Waals surface area (Å²) in [7, 11) is 0. The number of allylic oxidation sites excluding steroid dienone is 1. The van der Waals surface area contributed by atoms with Gasteiger partial charge in [-0.25, -0.2) is 4.39 Å². The van der Waals surface area contributed by atoms with Crippen LogP contribution in [0, 0.1) is 17.7 Å². The Morgan fingerprint density at radius 3 is 2.48 bits per heavy atom. The van der Waals surface area contributed by atoms with Crippen LogP contribution in [0.1, 0.15) is 31.7 Å². The lowest BCUT2D eigenvalue weighted by Gasteiger charge is -2.36. The van der Waals surface area contributed by atoms with Gasteiger partial charge in [-0.05, 0) is 42.9 Å². The highest BCUT2D eigenvalue weighted by molar-refractivity contribution is 5.80. The predicted molar refractivity (Wildman–Crippen MR) is 94.0 cm³/mol. The number of nitrogens with zero attached hydrogens (tertiary/aromatic N) is 2. The molecule has 1 saturated heterocycles. The highest BCUT2D eigenvalue weighted by Gasteiger charge is 2.34. The third-order valence-electron chi connectivity index (χ3n) is 5.35. The minimum atomic E-state index is -0.263. The lowest BCUT2D eigenvalue weighted by molar-refractivity contribution is -0.138. The summed E-state index contributed by atoms with van der Waals surface area (Å²) in [5.41, 5.74) is 0.940. The van der Waals surface area contributed by atoms with Crippen LogP contribution in [-0.2, 0) is 16.1 Å². The van der Waals surface area contributed by atoms with Gasteiger partial charge in [0.15, 0.2) is 0 Å². The lowest BCUT2D eigenvalue weighted by atomic mass is 9.81. The second-order valence-corrected chi connectivity index (χ2v) is 7.00. The number of benzene rings is 1. The monoisotopic (exact) mass is 344 g/mol. The van der Waals surface area contributed by atoms with Gasteiger partial charge in [-0.15, -0.1) is 0 Å². The van der Waals surface area contributed by atoms with Crippen molar-refractivity contribution < 1.29 is 14.0 Å². The smallest absolute Gasteiger partial charge is 0.226 e. The molecule has 25 heavy (non-hydrogen) atoms. The Kier molecular flexibility index (Phi) is 5.51. The Balaban J connectivity index is 1.66. The van der Waals surface area contributed by atoms with E-state index in [4.69, 9.17) is 0 Å². The molecule has 2 heterocycles. The number of carbonyl (C=O) groups is 2. The molecule has 2 aliphatic rings. The molecular weight excluding hydrogens is 319 g/mol. The van der Waals surface area contributed by atoms with Crippen LogP contribution in [0.5, 0.6) is 0 Å². The van der Waals surface area contributed by atoms with Crippen molar-refractivity contribution in [3.8, 4) is 0 Å². The number of likely N-dealkylation sites (tertiary alicyclic amines) is 1. The standard InChI is InChI=1S/C20H25FN2O2/c1-15(24)22-12-9-17(10-13-22)19-4-2-3-11-23(20(19)25)14-16-5-7-18(21)8-6-16/h2-3,5-8,17,19H,4,9-14H2,1H3. The molecule has 134 valence electrons. The van der Waals surface area contributed by atoms with E-state index in [9.17, 15) is 14.0 Å². The Labute approximate surface area is 148 Å². The Hall–Kier alpha value is -2.17. The molecule has 0 bridgehead atoms. The van der Waals surface area contributed by atoms with Gasteiger partial charge in [0, 0.05) is 39.0 Å². The van der Waals surface area contributed by atoms with Gasteiger partial charge in [-0.2, -0.15) is 0 Å². The summed E-state index contributed by atoms with van der Waals surface area (Å²) in [5, 5.41) is 0. The van der Waals surface area contributed by atoms with Crippen LogP contribution >= 0.6 is 0 Å². The minimum Gasteiger partial charge on any atom is -0.343 e. The molecule has 1 aromatic carbocycles. The number of rotatable bonds is 3. The summed E-state index contributed by atoms with van der Waals surface area (Å²) in [6.45, 7) is 4.19. The molecule has 0 N–H and O–H groups in total. The quantitative estimate of drug-likeness (QED) is 0.791. The molecule has 1 atom stereocenters. The fourth-order valence-corrected chi connectivity index (χ4v) is 3.83. The van der Waals surface area contributed by atoms with Crippen LogP contribution in [0.25, 0.3) is 0 Å². The molecule has 1 unspecified atom stereocenters. The molecule has 0 spiro atoms. The fourth-order valence-electron chi connectivity index (χ4n) is 3.83. The second kappa shape index (κ2) is 7.81. The number of halogens is 1. The predicted octanol–water partition coefficient (Wildman–Crippen LogP) is 2.99. The number of piperidine rings is 1. The average molecular weight is 344 g/mol. The van der Waals surface area contributed by atoms with E-state index in [-0.39, 0.29) is 23.5 Å². The van der Waals surface area contributed by atoms with E-state index in [1.807, 2.05) is 15.9 Å². The molecule has 1 fully saturated rings. The Morgan fingerprint density at radius 2 is 1.84 bits per heavy atom. The molecule has 3 rings (SSSR count). The number of hydrogen-bond acceptors (Lipinski definition) is 2. The van der Waals surface area contributed by atoms with E-state index in [1.54, 1.807) is 19.1 Å². The third kappa shape index (κ3) is 4.27. The van der Waals surface area contributed by atoms with E-state index in [1.165, 1.54) is 12.1 Å². The molecular formula is C20H25FN2O2. The zero-order chi connectivity index (χ0) is 17.8. The number of carbonyl (C=O) groups excluding carboxylic acids is 2. The molecule has 2 amide bonds. The van der Waals surface area contributed by atoms with Gasteiger partial charge in [0.25, 0.3) is 0 Å². The van der Waals surface area contributed by atoms with Crippen molar-refractivity contribution in [3.05, 3.63) is 47.8 Å². The molecule has 5 heteroatoms. The van der Waals surface area contributed by atoms with Crippen molar-refractivity contribution in [1.82, 2.24) is 9.80 Å². The molecule has 1 aromatic rings. The minimum absolute atomic E-state index is 0.0201. The third-order valence-corrected chi connectivity index (χ3v) is 5.35. The maximum absolute atomic E-state index is 13.1. The highest BCUT2D eigenvalue weighted by Crippen LogP contribution is 2.31. The molecule has 0 aliphatic carbocycles. The summed E-state index contributed by atoms with van der Waals surface area (Å²) >= 11 is 0. The van der Waals surface area contributed by atoms with Crippen LogP contribution < -0.4 is 0 Å². The van der Waals surface area contributed by atoms with Crippen LogP contribution in [-0.4, -0.2) is 41.2 Å². The van der Waals surface area contributed by atoms with E-state index >= 15 is 0 Å². The van der Waals surface area contributed by atoms with Crippen molar-refractivity contribution in [1.29, 1.82) is 0 Å². The second-order valence-electron chi connectivity index (χ2n) is 7.00. The Morgan fingerprint density at radius 1 is 1.16 bits per heavy atom. The van der Waals surface area contributed by atoms with Gasteiger partial charge >= 0.3 is 0 Å². The first-order valence-corrected chi connectivity index (χ1v) is 8.98. The largest absolute Gasteiger partial charge is 0.343 e. The molecule has 0 aromatic heterocycles. The summed E-state index contributed by atoms with van der Waals surface area (Å²) in [4.78, 5) is 28.3. The highest BCUT2D eigenvalue weighted by atomic mass is 19.1. The Bertz CT molecular complexity index is 648. The normalized spacial score (nSPS) is 22.2. The van der Waals surface area contributed by atoms with Gasteiger partial charge in [0.05, 0.1) is 0 Å². The SMILES string of the molecule is CC(=O)N1CCC(C2CC=CCN(Cc3ccc(F)cc3)C2=O)CC1. The topological polar surface area (TPSA) is 40.6 Å². The van der Waals surface area contributed by atoms with Gasteiger partial charge in [-0.1, -0.05) is 24.3 Å². The van der Waals surface area contributed by atoms with E-state index in [0.717, 1.165) is 37.9 Å². The van der Waals surface area contributed by atoms with E-state index in [2.05, 4.69) is 6.08 Å². The van der Waals surface area contributed by atoms with Crippen molar-refractivity contribution in [2.45, 2.75) is 32.7 Å². The summed E-state index contributed by atoms with van der Waals surface area (Å²) < 4.78 is 13.1. The molecule has 0 saturated carbocycles. The van der Waals surface area contributed by atoms with Crippen molar-refractivity contribution in [3.63, 3.8) is 0 Å². The fraction of sp³-hybridized carbons (Fsp3) is 0.500. The lowest BCUT2D eigenvalue weighted by Crippen LogP contribution is -2.43. The first-order chi connectivity index (χ1) is 12.0. The summed E-state index contributed by atoms with van der Waals surface area (Å²) in [6, 6.07) is 6.33. The van der Waals surface area contributed by atoms with Crippen LogP contribution in [0.15, 0.2) is 36.4 Å². The first kappa shape index (κ1) is 17.6. The van der Waals surface area contributed by atoms with Crippen LogP contribution in [0.3, 0.4) is 0 Å². The summed E-state index contributed by atoms with van der Waals surface area (Å²) in [6.07, 6.45) is 6.68. The first-order valence-electron chi connectivity index (χ1n) is 8.98. The van der Waals surface area contributed by atoms with Gasteiger partial charge in [0.2, 0.25) is 11.8 Å². The maximum Gasteiger partial charge on any atom is 0.226 e. The maximum atomic E-state index is 13.1. The van der Waals surface area contributed by atoms with E-state index < -0.39 is 0 Å². The van der Waals surface area contributed by atoms with Gasteiger partial charge < -0.3 is 9.80 Å². The average Bonchev–Trinajstić information content (AvgIpc) is 2.79.